The molecule has 0 bridgehead atoms. The van der Waals surface area contributed by atoms with E-state index in [-0.39, 0.29) is 12.3 Å². The maximum Gasteiger partial charge on any atom is 0.326 e. The Labute approximate surface area is 147 Å². The number of carbonyl (C=O) groups is 4. The predicted molar refractivity (Wildman–Crippen MR) is 90.7 cm³/mol. The number of amides is 2. The molecule has 0 aliphatic rings. The van der Waals surface area contributed by atoms with Crippen LogP contribution in [0.5, 0.6) is 0 Å². The second kappa shape index (κ2) is 12.2. The Morgan fingerprint density at radius 2 is 1.56 bits per heavy atom. The van der Waals surface area contributed by atoms with Crippen molar-refractivity contribution in [1.29, 1.82) is 0 Å². The predicted octanol–water partition coefficient (Wildman–Crippen LogP) is 0.0805. The summed E-state index contributed by atoms with van der Waals surface area (Å²) in [6.07, 6.45) is 2.75. The summed E-state index contributed by atoms with van der Waals surface area (Å²) >= 11 is 0. The Kier molecular flexibility index (Phi) is 11.2. The van der Waals surface area contributed by atoms with Gasteiger partial charge in [-0.2, -0.15) is 0 Å². The maximum atomic E-state index is 12.2. The van der Waals surface area contributed by atoms with Crippen LogP contribution in [0, 0.1) is 5.92 Å². The van der Waals surface area contributed by atoms with Crippen molar-refractivity contribution < 1.29 is 29.4 Å². The van der Waals surface area contributed by atoms with E-state index in [4.69, 9.17) is 15.9 Å². The number of hydrogen-bond donors (Lipinski definition) is 5. The van der Waals surface area contributed by atoms with Crippen molar-refractivity contribution in [3.8, 4) is 0 Å². The molecule has 25 heavy (non-hydrogen) atoms. The van der Waals surface area contributed by atoms with Crippen molar-refractivity contribution in [3.63, 3.8) is 0 Å². The van der Waals surface area contributed by atoms with E-state index in [1.807, 2.05) is 0 Å². The van der Waals surface area contributed by atoms with Crippen molar-refractivity contribution >= 4 is 23.8 Å². The van der Waals surface area contributed by atoms with E-state index in [2.05, 4.69) is 10.6 Å². The Morgan fingerprint density at radius 3 is 2.04 bits per heavy atom. The fourth-order valence-corrected chi connectivity index (χ4v) is 2.20. The fraction of sp³-hybridized carbons (Fsp3) is 0.750. The van der Waals surface area contributed by atoms with Crippen LogP contribution in [0.3, 0.4) is 0 Å². The molecule has 0 saturated heterocycles. The number of carboxylic acid groups (broad SMARTS) is 2. The highest BCUT2D eigenvalue weighted by molar-refractivity contribution is 5.92. The molecule has 9 nitrogen and oxygen atoms in total. The van der Waals surface area contributed by atoms with Gasteiger partial charge in [-0.1, -0.05) is 26.7 Å². The van der Waals surface area contributed by atoms with Crippen LogP contribution in [0.2, 0.25) is 0 Å². The van der Waals surface area contributed by atoms with Crippen molar-refractivity contribution in [1.82, 2.24) is 10.6 Å². The minimum Gasteiger partial charge on any atom is -0.481 e. The summed E-state index contributed by atoms with van der Waals surface area (Å²) in [5.41, 5.74) is 5.38. The summed E-state index contributed by atoms with van der Waals surface area (Å²) in [6.45, 7) is 3.82. The minimum atomic E-state index is -1.31. The highest BCUT2D eigenvalue weighted by atomic mass is 16.4. The molecule has 0 rings (SSSR count). The van der Waals surface area contributed by atoms with Crippen LogP contribution in [0.15, 0.2) is 0 Å². The molecule has 0 aromatic rings. The van der Waals surface area contributed by atoms with Crippen LogP contribution in [0.25, 0.3) is 0 Å². The van der Waals surface area contributed by atoms with E-state index in [1.165, 1.54) is 0 Å². The van der Waals surface area contributed by atoms with Gasteiger partial charge in [0.1, 0.15) is 12.1 Å². The monoisotopic (exact) mass is 359 g/mol. The molecule has 0 saturated carbocycles. The summed E-state index contributed by atoms with van der Waals surface area (Å²) in [4.78, 5) is 46.1. The quantitative estimate of drug-likeness (QED) is 0.291. The molecule has 0 fully saturated rings. The van der Waals surface area contributed by atoms with E-state index in [9.17, 15) is 19.2 Å². The molecule has 0 aliphatic carbocycles. The number of carboxylic acids is 2. The Balaban J connectivity index is 4.66. The normalized spacial score (nSPS) is 13.1. The second-order valence-corrected chi connectivity index (χ2v) is 6.24. The van der Waals surface area contributed by atoms with Gasteiger partial charge in [-0.3, -0.25) is 14.4 Å². The summed E-state index contributed by atoms with van der Waals surface area (Å²) in [5.74, 6) is -4.13. The lowest BCUT2D eigenvalue weighted by molar-refractivity contribution is -0.144. The van der Waals surface area contributed by atoms with Crippen LogP contribution in [0.1, 0.15) is 52.4 Å². The molecule has 0 spiro atoms. The third kappa shape index (κ3) is 10.3. The number of nitrogens with two attached hydrogens (primary N) is 1. The first-order valence-corrected chi connectivity index (χ1v) is 8.43. The number of carbonyl (C=O) groups excluding carboxylic acids is 2. The standard InChI is InChI=1S/C16H29N3O6/c1-10(2)14(16(24)25)19-15(23)11(9-13(21)22)18-12(20)7-5-3-4-6-8-17/h10-11,14H,3-9,17H2,1-2H3,(H,18,20)(H,19,23)(H,21,22)(H,24,25)/t11-,14-/m0/s1. The zero-order valence-electron chi connectivity index (χ0n) is 14.8. The van der Waals surface area contributed by atoms with Gasteiger partial charge in [-0.15, -0.1) is 0 Å². The van der Waals surface area contributed by atoms with Gasteiger partial charge in [0.05, 0.1) is 6.42 Å². The molecule has 144 valence electrons. The molecule has 2 atom stereocenters. The Bertz CT molecular complexity index is 467. The lowest BCUT2D eigenvalue weighted by Crippen LogP contribution is -2.53. The van der Waals surface area contributed by atoms with Gasteiger partial charge in [-0.05, 0) is 25.3 Å². The van der Waals surface area contributed by atoms with Crippen molar-refractivity contribution in [2.75, 3.05) is 6.54 Å². The van der Waals surface area contributed by atoms with Gasteiger partial charge in [0.25, 0.3) is 0 Å². The average Bonchev–Trinajstić information content (AvgIpc) is 2.50. The molecular formula is C16H29N3O6. The summed E-state index contributed by atoms with van der Waals surface area (Å²) < 4.78 is 0. The maximum absolute atomic E-state index is 12.2. The lowest BCUT2D eigenvalue weighted by Gasteiger charge is -2.22. The minimum absolute atomic E-state index is 0.167. The number of aliphatic carboxylic acids is 2. The molecule has 6 N–H and O–H groups in total. The third-order valence-electron chi connectivity index (χ3n) is 3.62. The third-order valence-corrected chi connectivity index (χ3v) is 3.62. The topological polar surface area (TPSA) is 159 Å². The highest BCUT2D eigenvalue weighted by Gasteiger charge is 2.29. The highest BCUT2D eigenvalue weighted by Crippen LogP contribution is 2.05. The second-order valence-electron chi connectivity index (χ2n) is 6.24. The van der Waals surface area contributed by atoms with Gasteiger partial charge in [0.15, 0.2) is 0 Å². The fourth-order valence-electron chi connectivity index (χ4n) is 2.20. The molecule has 0 heterocycles. The number of rotatable bonds is 13. The van der Waals surface area contributed by atoms with Gasteiger partial charge < -0.3 is 26.6 Å². The summed E-state index contributed by atoms with van der Waals surface area (Å²) in [5, 5.41) is 22.7. The molecule has 0 aliphatic heterocycles. The molecule has 9 heteroatoms. The van der Waals surface area contributed by atoms with Gasteiger partial charge in [0.2, 0.25) is 11.8 Å². The van der Waals surface area contributed by atoms with Crippen LogP contribution in [-0.2, 0) is 19.2 Å². The van der Waals surface area contributed by atoms with Crippen molar-refractivity contribution in [3.05, 3.63) is 0 Å². The first-order chi connectivity index (χ1) is 11.7. The molecule has 0 aromatic carbocycles. The number of hydrogen-bond acceptors (Lipinski definition) is 5. The van der Waals surface area contributed by atoms with Crippen molar-refractivity contribution in [2.45, 2.75) is 64.5 Å². The van der Waals surface area contributed by atoms with Gasteiger partial charge >= 0.3 is 11.9 Å². The number of unbranched alkanes of at least 4 members (excludes halogenated alkanes) is 3. The lowest BCUT2D eigenvalue weighted by atomic mass is 10.0. The molecule has 0 unspecified atom stereocenters. The first-order valence-electron chi connectivity index (χ1n) is 8.43. The Hall–Kier alpha value is -2.16. The van der Waals surface area contributed by atoms with E-state index >= 15 is 0 Å². The largest absolute Gasteiger partial charge is 0.481 e. The number of nitrogens with one attached hydrogen (secondary N) is 2. The van der Waals surface area contributed by atoms with Crippen LogP contribution in [0.4, 0.5) is 0 Å². The van der Waals surface area contributed by atoms with Gasteiger partial charge in [-0.25, -0.2) is 4.79 Å². The van der Waals surface area contributed by atoms with E-state index < -0.39 is 42.3 Å². The zero-order valence-corrected chi connectivity index (χ0v) is 14.8. The smallest absolute Gasteiger partial charge is 0.326 e. The molecule has 2 amide bonds. The zero-order chi connectivity index (χ0) is 19.4. The first kappa shape index (κ1) is 22.8. The summed E-state index contributed by atoms with van der Waals surface area (Å²) in [6, 6.07) is -2.47. The molecular weight excluding hydrogens is 330 g/mol. The Morgan fingerprint density at radius 1 is 0.960 bits per heavy atom. The van der Waals surface area contributed by atoms with Crippen LogP contribution < -0.4 is 16.4 Å². The van der Waals surface area contributed by atoms with Gasteiger partial charge in [0, 0.05) is 6.42 Å². The molecule has 0 radical (unpaired) electrons. The molecule has 0 aromatic heterocycles. The van der Waals surface area contributed by atoms with Crippen LogP contribution in [-0.4, -0.2) is 52.6 Å². The van der Waals surface area contributed by atoms with Crippen molar-refractivity contribution in [2.24, 2.45) is 11.7 Å². The van der Waals surface area contributed by atoms with E-state index in [0.29, 0.717) is 13.0 Å². The van der Waals surface area contributed by atoms with Crippen LogP contribution >= 0.6 is 0 Å². The average molecular weight is 359 g/mol. The summed E-state index contributed by atoms with van der Waals surface area (Å²) in [7, 11) is 0. The van der Waals surface area contributed by atoms with E-state index in [0.717, 1.165) is 19.3 Å². The van der Waals surface area contributed by atoms with E-state index in [1.54, 1.807) is 13.8 Å². The SMILES string of the molecule is CC(C)[C@H](NC(=O)[C@H](CC(=O)O)NC(=O)CCCCCCN)C(=O)O.